The molecule has 0 aromatic rings. The van der Waals surface area contributed by atoms with Crippen molar-refractivity contribution in [2.45, 2.75) is 43.7 Å². The number of hydrogen-bond acceptors (Lipinski definition) is 3. The van der Waals surface area contributed by atoms with Gasteiger partial charge in [0.1, 0.15) is 5.60 Å². The zero-order chi connectivity index (χ0) is 9.60. The van der Waals surface area contributed by atoms with E-state index in [1.807, 2.05) is 0 Å². The number of rotatable bonds is 1. The number of hydrogen-bond donors (Lipinski definition) is 1. The molecule has 0 aromatic heterocycles. The van der Waals surface area contributed by atoms with E-state index >= 15 is 0 Å². The van der Waals surface area contributed by atoms with Crippen LogP contribution in [0.15, 0.2) is 0 Å². The van der Waals surface area contributed by atoms with Gasteiger partial charge in [0.05, 0.1) is 12.5 Å². The molecule has 1 atom stereocenters. The summed E-state index contributed by atoms with van der Waals surface area (Å²) in [5, 5.41) is 4.96. The normalized spacial score (nSPS) is 35.3. The summed E-state index contributed by atoms with van der Waals surface area (Å²) in [4.78, 5) is 17.5. The van der Waals surface area contributed by atoms with Gasteiger partial charge in [-0.05, 0) is 32.2 Å². The Hall–Kier alpha value is -0.610. The second-order valence-corrected chi connectivity index (χ2v) is 4.67. The molecule has 2 aliphatic heterocycles. The first-order valence-electron chi connectivity index (χ1n) is 5.51. The molecule has 0 radical (unpaired) electrons. The molecule has 3 rings (SSSR count). The van der Waals surface area contributed by atoms with Crippen molar-refractivity contribution in [1.29, 1.82) is 0 Å². The van der Waals surface area contributed by atoms with E-state index in [9.17, 15) is 4.79 Å². The van der Waals surface area contributed by atoms with Gasteiger partial charge < -0.3 is 5.32 Å². The van der Waals surface area contributed by atoms with Crippen LogP contribution in [0.3, 0.4) is 0 Å². The Morgan fingerprint density at radius 1 is 1.50 bits per heavy atom. The van der Waals surface area contributed by atoms with Crippen molar-refractivity contribution in [2.75, 3.05) is 13.1 Å². The van der Waals surface area contributed by atoms with Crippen LogP contribution in [0.4, 0.5) is 0 Å². The van der Waals surface area contributed by atoms with Gasteiger partial charge in [-0.1, -0.05) is 0 Å². The highest BCUT2D eigenvalue weighted by molar-refractivity contribution is 5.79. The Morgan fingerprint density at radius 2 is 2.36 bits per heavy atom. The van der Waals surface area contributed by atoms with E-state index in [0.29, 0.717) is 6.42 Å². The molecular formula is C10H16N2O2. The maximum atomic E-state index is 11.7. The SMILES string of the molecule is O=C1CC2(CC2)ON1C1CCCNC1. The molecule has 3 fully saturated rings. The van der Waals surface area contributed by atoms with Crippen LogP contribution in [0.1, 0.15) is 32.1 Å². The van der Waals surface area contributed by atoms with Crippen LogP contribution in [0.2, 0.25) is 0 Å². The highest BCUT2D eigenvalue weighted by atomic mass is 16.7. The molecule has 1 spiro atoms. The Labute approximate surface area is 83.5 Å². The number of nitrogens with one attached hydrogen (secondary N) is 1. The molecule has 0 bridgehead atoms. The summed E-state index contributed by atoms with van der Waals surface area (Å²) in [6.07, 6.45) is 4.97. The molecule has 1 saturated carbocycles. The van der Waals surface area contributed by atoms with Gasteiger partial charge in [0.2, 0.25) is 5.91 Å². The third-order valence-corrected chi connectivity index (χ3v) is 3.42. The fourth-order valence-electron chi connectivity index (χ4n) is 2.36. The number of nitrogens with zero attached hydrogens (tertiary/aromatic N) is 1. The van der Waals surface area contributed by atoms with Crippen LogP contribution in [-0.4, -0.2) is 35.7 Å². The summed E-state index contributed by atoms with van der Waals surface area (Å²) in [6.45, 7) is 1.96. The lowest BCUT2D eigenvalue weighted by atomic mass is 10.1. The topological polar surface area (TPSA) is 41.6 Å². The molecule has 2 heterocycles. The van der Waals surface area contributed by atoms with Crippen molar-refractivity contribution in [3.63, 3.8) is 0 Å². The van der Waals surface area contributed by atoms with E-state index in [1.165, 1.54) is 0 Å². The summed E-state index contributed by atoms with van der Waals surface area (Å²) in [6, 6.07) is 0.274. The lowest BCUT2D eigenvalue weighted by Crippen LogP contribution is -2.46. The van der Waals surface area contributed by atoms with Gasteiger partial charge in [-0.2, -0.15) is 0 Å². The Morgan fingerprint density at radius 3 is 2.93 bits per heavy atom. The predicted molar refractivity (Wildman–Crippen MR) is 50.4 cm³/mol. The predicted octanol–water partition coefficient (Wildman–Crippen LogP) is 0.435. The third-order valence-electron chi connectivity index (χ3n) is 3.42. The lowest BCUT2D eigenvalue weighted by Gasteiger charge is -2.30. The smallest absolute Gasteiger partial charge is 0.249 e. The molecule has 4 nitrogen and oxygen atoms in total. The number of amides is 1. The average Bonchev–Trinajstić information content (AvgIpc) is 2.86. The lowest BCUT2D eigenvalue weighted by molar-refractivity contribution is -0.195. The van der Waals surface area contributed by atoms with Crippen LogP contribution in [0.25, 0.3) is 0 Å². The minimum absolute atomic E-state index is 0.0610. The minimum atomic E-state index is -0.0610. The second kappa shape index (κ2) is 2.94. The van der Waals surface area contributed by atoms with Gasteiger partial charge in [0.15, 0.2) is 0 Å². The second-order valence-electron chi connectivity index (χ2n) is 4.67. The molecule has 4 heteroatoms. The van der Waals surface area contributed by atoms with E-state index < -0.39 is 0 Å². The first-order chi connectivity index (χ1) is 6.79. The van der Waals surface area contributed by atoms with Gasteiger partial charge in [-0.3, -0.25) is 9.63 Å². The highest BCUT2D eigenvalue weighted by Gasteiger charge is 2.55. The summed E-state index contributed by atoms with van der Waals surface area (Å²) in [5.74, 6) is 0.191. The van der Waals surface area contributed by atoms with E-state index in [4.69, 9.17) is 4.84 Å². The molecule has 1 aliphatic carbocycles. The molecule has 1 unspecified atom stereocenters. The first-order valence-corrected chi connectivity index (χ1v) is 5.51. The van der Waals surface area contributed by atoms with Gasteiger partial charge >= 0.3 is 0 Å². The van der Waals surface area contributed by atoms with E-state index in [-0.39, 0.29) is 17.6 Å². The van der Waals surface area contributed by atoms with Gasteiger partial charge in [0.25, 0.3) is 0 Å². The number of carbonyl (C=O) groups excluding carboxylic acids is 1. The summed E-state index contributed by atoms with van der Waals surface area (Å²) in [5.41, 5.74) is -0.0610. The van der Waals surface area contributed by atoms with Gasteiger partial charge in [0, 0.05) is 6.54 Å². The zero-order valence-corrected chi connectivity index (χ0v) is 8.29. The van der Waals surface area contributed by atoms with Crippen molar-refractivity contribution < 1.29 is 9.63 Å². The summed E-state index contributed by atoms with van der Waals surface area (Å²) >= 11 is 0. The van der Waals surface area contributed by atoms with E-state index in [0.717, 1.165) is 38.8 Å². The summed E-state index contributed by atoms with van der Waals surface area (Å²) in [7, 11) is 0. The van der Waals surface area contributed by atoms with Crippen molar-refractivity contribution in [1.82, 2.24) is 10.4 Å². The van der Waals surface area contributed by atoms with Crippen LogP contribution in [-0.2, 0) is 9.63 Å². The fourth-order valence-corrected chi connectivity index (χ4v) is 2.36. The Balaban J connectivity index is 1.69. The third kappa shape index (κ3) is 1.33. The van der Waals surface area contributed by atoms with Crippen LogP contribution < -0.4 is 5.32 Å². The standard InChI is InChI=1S/C10H16N2O2/c13-9-6-10(3-4-10)14-12(9)8-2-1-5-11-7-8/h8,11H,1-7H2. The fraction of sp³-hybridized carbons (Fsp3) is 0.900. The van der Waals surface area contributed by atoms with Crippen molar-refractivity contribution in [3.05, 3.63) is 0 Å². The van der Waals surface area contributed by atoms with Crippen LogP contribution >= 0.6 is 0 Å². The highest BCUT2D eigenvalue weighted by Crippen LogP contribution is 2.48. The molecule has 14 heavy (non-hydrogen) atoms. The first kappa shape index (κ1) is 8.68. The zero-order valence-electron chi connectivity index (χ0n) is 8.29. The van der Waals surface area contributed by atoms with Crippen LogP contribution in [0.5, 0.6) is 0 Å². The molecule has 78 valence electrons. The average molecular weight is 196 g/mol. The molecular weight excluding hydrogens is 180 g/mol. The molecule has 2 saturated heterocycles. The Bertz CT molecular complexity index is 257. The van der Waals surface area contributed by atoms with Gasteiger partial charge in [-0.25, -0.2) is 5.06 Å². The maximum absolute atomic E-state index is 11.7. The number of piperidine rings is 1. The van der Waals surface area contributed by atoms with E-state index in [1.54, 1.807) is 5.06 Å². The van der Waals surface area contributed by atoms with E-state index in [2.05, 4.69) is 5.32 Å². The van der Waals surface area contributed by atoms with Crippen molar-refractivity contribution >= 4 is 5.91 Å². The molecule has 0 aromatic carbocycles. The number of hydroxylamine groups is 2. The molecule has 3 aliphatic rings. The van der Waals surface area contributed by atoms with Crippen molar-refractivity contribution in [2.24, 2.45) is 0 Å². The van der Waals surface area contributed by atoms with Crippen LogP contribution in [0, 0.1) is 0 Å². The largest absolute Gasteiger partial charge is 0.315 e. The molecule has 1 amide bonds. The maximum Gasteiger partial charge on any atom is 0.249 e. The number of carbonyl (C=O) groups is 1. The van der Waals surface area contributed by atoms with Crippen molar-refractivity contribution in [3.8, 4) is 0 Å². The minimum Gasteiger partial charge on any atom is -0.315 e. The Kier molecular flexibility index (Phi) is 1.82. The quantitative estimate of drug-likeness (QED) is 0.661. The molecule has 1 N–H and O–H groups in total. The summed E-state index contributed by atoms with van der Waals surface area (Å²) < 4.78 is 0. The van der Waals surface area contributed by atoms with Gasteiger partial charge in [-0.15, -0.1) is 0 Å². The monoisotopic (exact) mass is 196 g/mol.